The smallest absolute Gasteiger partial charge is 0.259 e. The zero-order chi connectivity index (χ0) is 20.9. The van der Waals surface area contributed by atoms with Crippen LogP contribution in [0.4, 0.5) is 0 Å². The maximum atomic E-state index is 12.2. The van der Waals surface area contributed by atoms with E-state index in [-0.39, 0.29) is 23.6 Å². The zero-order valence-electron chi connectivity index (χ0n) is 15.7. The van der Waals surface area contributed by atoms with E-state index >= 15 is 0 Å². The van der Waals surface area contributed by atoms with E-state index in [4.69, 9.17) is 0 Å². The molecule has 0 spiro atoms. The highest BCUT2D eigenvalue weighted by atomic mass is 79.9. The van der Waals surface area contributed by atoms with Crippen LogP contribution in [0.5, 0.6) is 5.75 Å². The standard InChI is InChI=1S/C20H21Br2N3O3/c1-20(2,3)14-6-4-12(5-7-14)19(28)23-11-17(26)25-24-10-13-8-15(21)9-16(22)18(13)27/h4-10,27H,11H2,1-3H3,(H,23,28)(H,25,26)/b24-10+. The second-order valence-corrected chi connectivity index (χ2v) is 8.90. The molecule has 0 fully saturated rings. The predicted octanol–water partition coefficient (Wildman–Crippen LogP) is 4.09. The highest BCUT2D eigenvalue weighted by molar-refractivity contribution is 9.11. The molecule has 28 heavy (non-hydrogen) atoms. The van der Waals surface area contributed by atoms with Crippen molar-refractivity contribution >= 4 is 49.9 Å². The molecule has 0 aromatic heterocycles. The Morgan fingerprint density at radius 3 is 2.39 bits per heavy atom. The first-order valence-corrected chi connectivity index (χ1v) is 10.0. The first-order chi connectivity index (χ1) is 13.1. The number of nitrogens with zero attached hydrogens (tertiary/aromatic N) is 1. The molecule has 0 aliphatic heterocycles. The van der Waals surface area contributed by atoms with Crippen LogP contribution < -0.4 is 10.7 Å². The van der Waals surface area contributed by atoms with Crippen LogP contribution in [-0.4, -0.2) is 29.7 Å². The normalized spacial score (nSPS) is 11.5. The number of hydrazone groups is 1. The highest BCUT2D eigenvalue weighted by Crippen LogP contribution is 2.30. The van der Waals surface area contributed by atoms with Crippen molar-refractivity contribution in [3.05, 3.63) is 62.0 Å². The molecular weight excluding hydrogens is 490 g/mol. The summed E-state index contributed by atoms with van der Waals surface area (Å²) in [7, 11) is 0. The fraction of sp³-hybridized carbons (Fsp3) is 0.250. The lowest BCUT2D eigenvalue weighted by molar-refractivity contribution is -0.120. The van der Waals surface area contributed by atoms with Gasteiger partial charge in [0.05, 0.1) is 17.2 Å². The number of rotatable bonds is 5. The number of amides is 2. The third-order valence-corrected chi connectivity index (χ3v) is 4.94. The van der Waals surface area contributed by atoms with E-state index < -0.39 is 5.91 Å². The zero-order valence-corrected chi connectivity index (χ0v) is 18.9. The summed E-state index contributed by atoms with van der Waals surface area (Å²) in [5.41, 5.74) is 4.34. The summed E-state index contributed by atoms with van der Waals surface area (Å²) >= 11 is 6.53. The number of benzene rings is 2. The monoisotopic (exact) mass is 509 g/mol. The Bertz CT molecular complexity index is 904. The van der Waals surface area contributed by atoms with Crippen LogP contribution in [0.1, 0.15) is 42.3 Å². The molecule has 3 N–H and O–H groups in total. The van der Waals surface area contributed by atoms with Crippen molar-refractivity contribution in [1.82, 2.24) is 10.7 Å². The SMILES string of the molecule is CC(C)(C)c1ccc(C(=O)NCC(=O)N/N=C/c2cc(Br)cc(Br)c2O)cc1. The molecule has 2 aromatic carbocycles. The van der Waals surface area contributed by atoms with Gasteiger partial charge in [0.2, 0.25) is 0 Å². The average Bonchev–Trinajstić information content (AvgIpc) is 2.63. The molecule has 0 aliphatic carbocycles. The van der Waals surface area contributed by atoms with Crippen LogP contribution in [0, 0.1) is 0 Å². The van der Waals surface area contributed by atoms with E-state index in [1.54, 1.807) is 24.3 Å². The Labute approximate surface area is 180 Å². The summed E-state index contributed by atoms with van der Waals surface area (Å²) in [6.07, 6.45) is 1.32. The third kappa shape index (κ3) is 6.17. The van der Waals surface area contributed by atoms with Gasteiger partial charge in [-0.2, -0.15) is 5.10 Å². The first kappa shape index (κ1) is 22.1. The fourth-order valence-electron chi connectivity index (χ4n) is 2.28. The second kappa shape index (κ2) is 9.34. The molecule has 0 bridgehead atoms. The van der Waals surface area contributed by atoms with Gasteiger partial charge in [-0.25, -0.2) is 5.43 Å². The number of halogens is 2. The quantitative estimate of drug-likeness (QED) is 0.418. The van der Waals surface area contributed by atoms with Crippen molar-refractivity contribution < 1.29 is 14.7 Å². The lowest BCUT2D eigenvalue weighted by atomic mass is 9.87. The number of hydrogen-bond donors (Lipinski definition) is 3. The van der Waals surface area contributed by atoms with Gasteiger partial charge in [0, 0.05) is 15.6 Å². The van der Waals surface area contributed by atoms with Gasteiger partial charge in [0.1, 0.15) is 5.75 Å². The number of aromatic hydroxyl groups is 1. The van der Waals surface area contributed by atoms with Crippen LogP contribution in [0.15, 0.2) is 50.4 Å². The molecular formula is C20H21Br2N3O3. The maximum Gasteiger partial charge on any atom is 0.259 e. The van der Waals surface area contributed by atoms with Gasteiger partial charge >= 0.3 is 0 Å². The molecule has 0 atom stereocenters. The minimum absolute atomic E-state index is 0.00522. The fourth-order valence-corrected chi connectivity index (χ4v) is 3.54. The summed E-state index contributed by atoms with van der Waals surface area (Å²) in [4.78, 5) is 24.0. The van der Waals surface area contributed by atoms with E-state index in [1.807, 2.05) is 12.1 Å². The summed E-state index contributed by atoms with van der Waals surface area (Å²) in [5, 5.41) is 16.3. The molecule has 2 aromatic rings. The van der Waals surface area contributed by atoms with Gasteiger partial charge in [-0.05, 0) is 51.2 Å². The van der Waals surface area contributed by atoms with Crippen molar-refractivity contribution in [2.75, 3.05) is 6.54 Å². The van der Waals surface area contributed by atoms with Gasteiger partial charge in [0.25, 0.3) is 11.8 Å². The van der Waals surface area contributed by atoms with Gasteiger partial charge in [-0.15, -0.1) is 0 Å². The maximum absolute atomic E-state index is 12.2. The molecule has 8 heteroatoms. The van der Waals surface area contributed by atoms with Gasteiger partial charge in [-0.1, -0.05) is 48.8 Å². The van der Waals surface area contributed by atoms with Crippen molar-refractivity contribution in [2.45, 2.75) is 26.2 Å². The van der Waals surface area contributed by atoms with Crippen molar-refractivity contribution in [3.8, 4) is 5.75 Å². The van der Waals surface area contributed by atoms with E-state index in [9.17, 15) is 14.7 Å². The van der Waals surface area contributed by atoms with Crippen LogP contribution in [0.25, 0.3) is 0 Å². The molecule has 0 radical (unpaired) electrons. The average molecular weight is 511 g/mol. The number of carbonyl (C=O) groups is 2. The number of nitrogens with one attached hydrogen (secondary N) is 2. The minimum Gasteiger partial charge on any atom is -0.506 e. The van der Waals surface area contributed by atoms with Crippen LogP contribution in [0.2, 0.25) is 0 Å². The molecule has 0 heterocycles. The number of phenolic OH excluding ortho intramolecular Hbond substituents is 1. The molecule has 6 nitrogen and oxygen atoms in total. The Hall–Kier alpha value is -2.19. The lowest BCUT2D eigenvalue weighted by Crippen LogP contribution is -2.34. The van der Waals surface area contributed by atoms with Crippen LogP contribution >= 0.6 is 31.9 Å². The molecule has 2 amide bonds. The van der Waals surface area contributed by atoms with E-state index in [1.165, 1.54) is 6.21 Å². The van der Waals surface area contributed by atoms with Crippen molar-refractivity contribution in [2.24, 2.45) is 5.10 Å². The lowest BCUT2D eigenvalue weighted by Gasteiger charge is -2.19. The first-order valence-electron chi connectivity index (χ1n) is 8.46. The topological polar surface area (TPSA) is 90.8 Å². The summed E-state index contributed by atoms with van der Waals surface area (Å²) in [6.45, 7) is 6.07. The molecule has 0 saturated heterocycles. The van der Waals surface area contributed by atoms with E-state index in [0.717, 1.165) is 10.0 Å². The van der Waals surface area contributed by atoms with Crippen molar-refractivity contribution in [3.63, 3.8) is 0 Å². The Kier molecular flexibility index (Phi) is 7.37. The summed E-state index contributed by atoms with van der Waals surface area (Å²) < 4.78 is 1.24. The highest BCUT2D eigenvalue weighted by Gasteiger charge is 2.14. The number of hydrogen-bond acceptors (Lipinski definition) is 4. The number of carbonyl (C=O) groups excluding carboxylic acids is 2. The van der Waals surface area contributed by atoms with Crippen LogP contribution in [0.3, 0.4) is 0 Å². The van der Waals surface area contributed by atoms with Gasteiger partial charge < -0.3 is 10.4 Å². The number of phenols is 1. The summed E-state index contributed by atoms with van der Waals surface area (Å²) in [6, 6.07) is 10.6. The minimum atomic E-state index is -0.482. The Morgan fingerprint density at radius 2 is 1.79 bits per heavy atom. The van der Waals surface area contributed by atoms with Crippen LogP contribution in [-0.2, 0) is 10.2 Å². The van der Waals surface area contributed by atoms with Gasteiger partial charge in [-0.3, -0.25) is 9.59 Å². The van der Waals surface area contributed by atoms with E-state index in [2.05, 4.69) is 68.5 Å². The Morgan fingerprint density at radius 1 is 1.14 bits per heavy atom. The second-order valence-electron chi connectivity index (χ2n) is 7.13. The largest absolute Gasteiger partial charge is 0.506 e. The molecule has 2 rings (SSSR count). The summed E-state index contributed by atoms with van der Waals surface area (Å²) in [5.74, 6) is -0.814. The predicted molar refractivity (Wildman–Crippen MR) is 117 cm³/mol. The Balaban J connectivity index is 1.88. The van der Waals surface area contributed by atoms with E-state index in [0.29, 0.717) is 15.6 Å². The molecule has 148 valence electrons. The van der Waals surface area contributed by atoms with Crippen molar-refractivity contribution in [1.29, 1.82) is 0 Å². The molecule has 0 aliphatic rings. The molecule has 0 unspecified atom stereocenters. The van der Waals surface area contributed by atoms with Gasteiger partial charge in [0.15, 0.2) is 0 Å². The molecule has 0 saturated carbocycles. The third-order valence-electron chi connectivity index (χ3n) is 3.87.